The van der Waals surface area contributed by atoms with Gasteiger partial charge < -0.3 is 32.7 Å². The van der Waals surface area contributed by atoms with Gasteiger partial charge in [0.2, 0.25) is 0 Å². The molecule has 1 aliphatic rings. The number of carboxylic acid groups (broad SMARTS) is 2. The Morgan fingerprint density at radius 3 is 1.89 bits per heavy atom. The quantitative estimate of drug-likeness (QED) is 0.157. The van der Waals surface area contributed by atoms with Crippen LogP contribution in [0.1, 0.15) is 41.5 Å². The summed E-state index contributed by atoms with van der Waals surface area (Å²) in [5, 5.41) is 24.8. The maximum Gasteiger partial charge on any atom is 2.00 e. The predicted octanol–water partition coefficient (Wildman–Crippen LogP) is 2.28. The largest absolute Gasteiger partial charge is 2.00 e. The van der Waals surface area contributed by atoms with Gasteiger partial charge in [0.25, 0.3) is 0 Å². The molecule has 4 N–H and O–H groups in total. The van der Waals surface area contributed by atoms with E-state index in [0.717, 1.165) is 19.5 Å². The van der Waals surface area contributed by atoms with Crippen molar-refractivity contribution < 1.29 is 61.7 Å². The molecule has 12 heteroatoms. The smallest absolute Gasteiger partial charge is 0.677 e. The summed E-state index contributed by atoms with van der Waals surface area (Å²) in [6.45, 7) is 10.9. The second-order valence-electron chi connectivity index (χ2n) is 5.65. The van der Waals surface area contributed by atoms with Crippen LogP contribution in [0, 0.1) is 18.8 Å². The monoisotopic (exact) mass is 593 g/mol. The molecule has 0 aromatic carbocycles. The normalized spacial score (nSPS) is 19.9. The zero-order valence-electron chi connectivity index (χ0n) is 15.6. The van der Waals surface area contributed by atoms with Crippen molar-refractivity contribution in [1.29, 1.82) is 0 Å². The van der Waals surface area contributed by atoms with Gasteiger partial charge in [0, 0.05) is 12.1 Å². The second kappa shape index (κ2) is 17.6. The Balaban J connectivity index is -0.000000197. The van der Waals surface area contributed by atoms with E-state index in [1.807, 2.05) is 25.7 Å². The summed E-state index contributed by atoms with van der Waals surface area (Å²) in [4.78, 5) is 32.7. The Morgan fingerprint density at radius 1 is 1.37 bits per heavy atom. The fourth-order valence-corrected chi connectivity index (χ4v) is 2.31. The molecule has 5 unspecified atom stereocenters. The van der Waals surface area contributed by atoms with E-state index in [9.17, 15) is 9.59 Å². The number of carbonyl (C=O) groups is 2. The fraction of sp³-hybridized carbons (Fsp3) is 0.800. The van der Waals surface area contributed by atoms with Crippen LogP contribution < -0.4 is 4.89 Å². The summed E-state index contributed by atoms with van der Waals surface area (Å²) in [6.07, 6.45) is 1.36. The molecule has 1 aliphatic carbocycles. The van der Waals surface area contributed by atoms with Crippen molar-refractivity contribution in [3.05, 3.63) is 12.7 Å². The van der Waals surface area contributed by atoms with E-state index >= 15 is 0 Å². The Morgan fingerprint density at radius 2 is 1.74 bits per heavy atom. The molecular weight excluding hydrogens is 562 g/mol. The van der Waals surface area contributed by atoms with Crippen LogP contribution in [0.3, 0.4) is 0 Å². The first-order chi connectivity index (χ1) is 12.0. The zero-order valence-corrected chi connectivity index (χ0v) is 18.8. The van der Waals surface area contributed by atoms with Gasteiger partial charge in [0.15, 0.2) is 0 Å². The molecule has 0 aliphatic heterocycles. The van der Waals surface area contributed by atoms with Gasteiger partial charge in [0.1, 0.15) is 0 Å². The van der Waals surface area contributed by atoms with Crippen LogP contribution in [0.2, 0.25) is 0 Å². The number of nitrogens with one attached hydrogen (secondary N) is 1. The summed E-state index contributed by atoms with van der Waals surface area (Å²) < 4.78 is 11.6. The molecule has 0 aromatic heterocycles. The minimum Gasteiger partial charge on any atom is -0.677 e. The van der Waals surface area contributed by atoms with E-state index in [1.165, 1.54) is 0 Å². The molecule has 0 bridgehead atoms. The van der Waals surface area contributed by atoms with Crippen molar-refractivity contribution in [2.75, 3.05) is 13.1 Å². The number of rotatable bonds is 9. The van der Waals surface area contributed by atoms with Gasteiger partial charge in [-0.05, 0) is 24.1 Å². The average molecular weight is 593 g/mol. The summed E-state index contributed by atoms with van der Waals surface area (Å²) in [6, 6.07) is -0.0152. The molecule has 0 amide bonds. The van der Waals surface area contributed by atoms with Crippen LogP contribution >= 0.6 is 8.25 Å². The first-order valence-electron chi connectivity index (χ1n) is 8.24. The molecule has 0 spiro atoms. The van der Waals surface area contributed by atoms with Crippen molar-refractivity contribution >= 4 is 20.2 Å². The molecule has 164 valence electrons. The van der Waals surface area contributed by atoms with E-state index in [0.29, 0.717) is 12.3 Å². The van der Waals surface area contributed by atoms with Crippen molar-refractivity contribution in [3.63, 3.8) is 0 Å². The molecule has 10 nitrogen and oxygen atoms in total. The van der Waals surface area contributed by atoms with Crippen LogP contribution in [0.25, 0.3) is 5.73 Å². The average Bonchev–Trinajstić information content (AvgIpc) is 3.23. The van der Waals surface area contributed by atoms with Gasteiger partial charge in [-0.25, -0.2) is 5.26 Å². The maximum absolute atomic E-state index is 11.1. The molecule has 0 aromatic rings. The summed E-state index contributed by atoms with van der Waals surface area (Å²) >= 11 is 0. The maximum atomic E-state index is 11.1. The Hall–Kier alpha value is -0.472. The van der Waals surface area contributed by atoms with Crippen molar-refractivity contribution in [2.24, 2.45) is 11.8 Å². The zero-order chi connectivity index (χ0) is 20.9. The predicted molar refractivity (Wildman–Crippen MR) is 95.4 cm³/mol. The van der Waals surface area contributed by atoms with E-state index in [-0.39, 0.29) is 41.0 Å². The third-order valence-electron chi connectivity index (χ3n) is 3.87. The molecule has 5 atom stereocenters. The Labute approximate surface area is 176 Å². The van der Waals surface area contributed by atoms with Crippen molar-refractivity contribution in [2.45, 2.75) is 52.1 Å². The molecule has 27 heavy (non-hydrogen) atoms. The third kappa shape index (κ3) is 16.2. The van der Waals surface area contributed by atoms with Crippen molar-refractivity contribution in [1.82, 2.24) is 4.90 Å². The summed E-state index contributed by atoms with van der Waals surface area (Å²) in [5.74, 6) is -2.45. The van der Waals surface area contributed by atoms with Gasteiger partial charge in [-0.15, -0.1) is 0 Å². The molecule has 1 rings (SSSR count). The standard InChI is InChI=1S/C11H21NO4.C4H7N.HO4P.Pt.H2/c1-4-9(12(5-2)6-3)8(11(15)16)7-10(13)14;1-3-2-4(3)5;1-4-5(2)3;;/h8-9H,4-7H2,1-3H3,(H,13,14)(H,15,16);3-5H,1-2H2;1H;;1H/q;-2;;+2;. The van der Waals surface area contributed by atoms with Gasteiger partial charge in [-0.3, -0.25) is 9.59 Å². The number of carboxylic acids is 2. The molecule has 1 fully saturated rings. The van der Waals surface area contributed by atoms with Gasteiger partial charge >= 0.3 is 41.3 Å². The van der Waals surface area contributed by atoms with Crippen LogP contribution in [-0.2, 0) is 39.9 Å². The van der Waals surface area contributed by atoms with Crippen LogP contribution in [-0.4, -0.2) is 57.5 Å². The number of hydrogen-bond donors (Lipinski definition) is 3. The van der Waals surface area contributed by atoms with E-state index in [1.54, 1.807) is 0 Å². The minimum atomic E-state index is -3.04. The van der Waals surface area contributed by atoms with Crippen LogP contribution in [0.4, 0.5) is 0 Å². The van der Waals surface area contributed by atoms with Crippen LogP contribution in [0.15, 0.2) is 0 Å². The molecule has 0 heterocycles. The third-order valence-corrected chi connectivity index (χ3v) is 4.00. The van der Waals surface area contributed by atoms with E-state index in [2.05, 4.69) is 11.6 Å². The molecule has 0 radical (unpaired) electrons. The second-order valence-corrected chi connectivity index (χ2v) is 6.26. The van der Waals surface area contributed by atoms with E-state index < -0.39 is 26.1 Å². The van der Waals surface area contributed by atoms with E-state index in [4.69, 9.17) is 30.7 Å². The summed E-state index contributed by atoms with van der Waals surface area (Å²) in [5.41, 5.74) is 6.84. The first-order valence-corrected chi connectivity index (χ1v) is 9.33. The minimum absolute atomic E-state index is 0. The van der Waals surface area contributed by atoms with Gasteiger partial charge in [-0.1, -0.05) is 27.2 Å². The SMILES string of the molecule is CCC(C(CC(=O)O)C(=O)O)N(CC)CC.O=[P+]([O-])OO.[CH2-]C1CC1[NH-].[HH].[Pt+2]. The van der Waals surface area contributed by atoms with Gasteiger partial charge in [-0.2, -0.15) is 12.0 Å². The Bertz CT molecular complexity index is 440. The van der Waals surface area contributed by atoms with Crippen molar-refractivity contribution in [3.8, 4) is 0 Å². The number of aliphatic carboxylic acids is 2. The molecule has 0 saturated heterocycles. The topological polar surface area (TPSA) is 171 Å². The molecular formula is C15H31N2O8PPt. The fourth-order valence-electron chi connectivity index (χ4n) is 2.31. The van der Waals surface area contributed by atoms with Gasteiger partial charge in [0.05, 0.1) is 12.3 Å². The molecule has 1 saturated carbocycles. The van der Waals surface area contributed by atoms with Crippen LogP contribution in [0.5, 0.6) is 0 Å². The summed E-state index contributed by atoms with van der Waals surface area (Å²) in [7, 11) is -3.04. The Kier molecular flexibility index (Phi) is 20.4. The first kappa shape index (κ1) is 31.2. The number of hydrogen-bond acceptors (Lipinski definition) is 7. The number of nitrogens with zero attached hydrogens (tertiary/aromatic N) is 1.